The molecule has 0 atom stereocenters. The normalized spacial score (nSPS) is 10.7. The zero-order chi connectivity index (χ0) is 12.5. The summed E-state index contributed by atoms with van der Waals surface area (Å²) in [6.07, 6.45) is 0. The molecule has 0 N–H and O–H groups in total. The Labute approximate surface area is 98.1 Å². The maximum Gasteiger partial charge on any atom is 0.522 e. The third kappa shape index (κ3) is 2.15. The Balaban J connectivity index is 3.50. The molecule has 10 heteroatoms. The first-order valence-electron chi connectivity index (χ1n) is 3.57. The molecular weight excluding hydrogens is 274 g/mol. The summed E-state index contributed by atoms with van der Waals surface area (Å²) in [7, 11) is -1.93. The van der Waals surface area contributed by atoms with Gasteiger partial charge in [-0.1, -0.05) is 0 Å². The fourth-order valence-corrected chi connectivity index (χ4v) is 1.32. The van der Waals surface area contributed by atoms with Crippen molar-refractivity contribution in [3.63, 3.8) is 0 Å². The first-order chi connectivity index (χ1) is 7.45. The van der Waals surface area contributed by atoms with Gasteiger partial charge in [-0.15, -0.1) is 0 Å². The standard InChI is InChI=1S/C6H2BF5O2S2/c8-2-1(7(13-15)14-16)3(9)5(11)6(12)4(2)10/h15-16H. The van der Waals surface area contributed by atoms with Crippen LogP contribution in [0.3, 0.4) is 0 Å². The monoisotopic (exact) mass is 276 g/mol. The molecule has 0 saturated carbocycles. The third-order valence-corrected chi connectivity index (χ3v) is 2.05. The molecule has 0 aliphatic rings. The van der Waals surface area contributed by atoms with Crippen LogP contribution in [0.2, 0.25) is 0 Å². The van der Waals surface area contributed by atoms with Gasteiger partial charge in [0.2, 0.25) is 0 Å². The summed E-state index contributed by atoms with van der Waals surface area (Å²) >= 11 is 6.30. The van der Waals surface area contributed by atoms with E-state index in [4.69, 9.17) is 0 Å². The van der Waals surface area contributed by atoms with E-state index >= 15 is 0 Å². The highest BCUT2D eigenvalue weighted by atomic mass is 32.1. The van der Waals surface area contributed by atoms with Gasteiger partial charge in [0.25, 0.3) is 0 Å². The van der Waals surface area contributed by atoms with E-state index in [0.717, 1.165) is 0 Å². The minimum absolute atomic E-state index is 1.30. The average molecular weight is 276 g/mol. The second-order valence-corrected chi connectivity index (χ2v) is 2.95. The molecule has 2 nitrogen and oxygen atoms in total. The van der Waals surface area contributed by atoms with Crippen molar-refractivity contribution in [3.05, 3.63) is 29.1 Å². The van der Waals surface area contributed by atoms with Gasteiger partial charge < -0.3 is 8.20 Å². The lowest BCUT2D eigenvalue weighted by molar-refractivity contribution is 0.380. The molecule has 16 heavy (non-hydrogen) atoms. The highest BCUT2D eigenvalue weighted by molar-refractivity contribution is 7.77. The van der Waals surface area contributed by atoms with Gasteiger partial charge in [-0.25, -0.2) is 22.0 Å². The van der Waals surface area contributed by atoms with Gasteiger partial charge in [0.15, 0.2) is 29.1 Å². The Morgan fingerprint density at radius 3 is 1.31 bits per heavy atom. The quantitative estimate of drug-likeness (QED) is 0.219. The van der Waals surface area contributed by atoms with Gasteiger partial charge in [0.1, 0.15) is 0 Å². The van der Waals surface area contributed by atoms with Crippen LogP contribution >= 0.6 is 25.8 Å². The van der Waals surface area contributed by atoms with Crippen molar-refractivity contribution in [2.45, 2.75) is 0 Å². The lowest BCUT2D eigenvalue weighted by atomic mass is 9.79. The first-order valence-corrected chi connectivity index (χ1v) is 4.30. The second kappa shape index (κ2) is 5.26. The number of hydrogen-bond acceptors (Lipinski definition) is 4. The number of thiol groups is 2. The van der Waals surface area contributed by atoms with Crippen LogP contribution in [0.5, 0.6) is 0 Å². The summed E-state index contributed by atoms with van der Waals surface area (Å²) in [5.74, 6) is -10.6. The number of rotatable bonds is 3. The zero-order valence-corrected chi connectivity index (χ0v) is 8.97. The molecule has 0 radical (unpaired) electrons. The summed E-state index contributed by atoms with van der Waals surface area (Å²) in [6.45, 7) is 0. The van der Waals surface area contributed by atoms with Crippen molar-refractivity contribution in [3.8, 4) is 0 Å². The van der Waals surface area contributed by atoms with E-state index in [-0.39, 0.29) is 0 Å². The number of benzene rings is 1. The SMILES string of the molecule is Fc1c(F)c(F)c(B(OS)OS)c(F)c1F. The summed E-state index contributed by atoms with van der Waals surface area (Å²) in [6, 6.07) is 0. The van der Waals surface area contributed by atoms with Gasteiger partial charge in [0, 0.05) is 0 Å². The topological polar surface area (TPSA) is 18.5 Å². The lowest BCUT2D eigenvalue weighted by Crippen LogP contribution is -2.39. The predicted octanol–water partition coefficient (Wildman–Crippen LogP) is 1.80. The molecule has 88 valence electrons. The van der Waals surface area contributed by atoms with Gasteiger partial charge >= 0.3 is 7.12 Å². The summed E-state index contributed by atoms with van der Waals surface area (Å²) in [5, 5.41) is 0. The molecule has 0 amide bonds. The molecule has 1 rings (SSSR count). The van der Waals surface area contributed by atoms with Crippen LogP contribution in [0, 0.1) is 29.1 Å². The van der Waals surface area contributed by atoms with Crippen LogP contribution in [-0.2, 0) is 8.20 Å². The molecular formula is C6H2BF5O2S2. The third-order valence-electron chi connectivity index (χ3n) is 1.67. The van der Waals surface area contributed by atoms with Crippen LogP contribution in [-0.4, -0.2) is 7.12 Å². The Bertz CT molecular complexity index is 385. The van der Waals surface area contributed by atoms with E-state index in [1.807, 2.05) is 0 Å². The number of halogens is 5. The highest BCUT2D eigenvalue weighted by Gasteiger charge is 2.35. The Kier molecular flexibility index (Phi) is 4.47. The molecule has 1 aromatic rings. The molecule has 0 aromatic heterocycles. The van der Waals surface area contributed by atoms with Crippen LogP contribution < -0.4 is 5.46 Å². The molecule has 0 saturated heterocycles. The van der Waals surface area contributed by atoms with E-state index in [1.54, 1.807) is 0 Å². The smallest absolute Gasteiger partial charge is 0.341 e. The molecule has 0 heterocycles. The van der Waals surface area contributed by atoms with Crippen molar-refractivity contribution in [1.29, 1.82) is 0 Å². The molecule has 0 fully saturated rings. The summed E-state index contributed by atoms with van der Waals surface area (Å²) in [5.41, 5.74) is -1.30. The van der Waals surface area contributed by atoms with E-state index in [0.29, 0.717) is 0 Å². The van der Waals surface area contributed by atoms with E-state index in [9.17, 15) is 22.0 Å². The maximum atomic E-state index is 13.1. The van der Waals surface area contributed by atoms with Crippen molar-refractivity contribution < 1.29 is 30.2 Å². The predicted molar refractivity (Wildman–Crippen MR) is 51.8 cm³/mol. The second-order valence-electron chi connectivity index (χ2n) is 2.53. The minimum Gasteiger partial charge on any atom is -0.341 e. The Morgan fingerprint density at radius 1 is 0.688 bits per heavy atom. The maximum absolute atomic E-state index is 13.1. The van der Waals surface area contributed by atoms with Gasteiger partial charge in [0.05, 0.1) is 5.46 Å². The Hall–Kier alpha value is -0.445. The fourth-order valence-electron chi connectivity index (χ4n) is 0.953. The zero-order valence-electron chi connectivity index (χ0n) is 7.18. The van der Waals surface area contributed by atoms with Gasteiger partial charge in [-0.05, 0) is 25.8 Å². The first kappa shape index (κ1) is 13.6. The van der Waals surface area contributed by atoms with Crippen molar-refractivity contribution in [1.82, 2.24) is 0 Å². The van der Waals surface area contributed by atoms with Gasteiger partial charge in [-0.3, -0.25) is 0 Å². The molecule has 0 bridgehead atoms. The fraction of sp³-hybridized carbons (Fsp3) is 0. The van der Waals surface area contributed by atoms with Crippen LogP contribution in [0.15, 0.2) is 0 Å². The average Bonchev–Trinajstić information content (AvgIpc) is 2.29. The lowest BCUT2D eigenvalue weighted by Gasteiger charge is -2.10. The summed E-state index contributed by atoms with van der Waals surface area (Å²) in [4.78, 5) is 0. The molecule has 1 aromatic carbocycles. The molecule has 0 spiro atoms. The van der Waals surface area contributed by atoms with Crippen molar-refractivity contribution in [2.24, 2.45) is 0 Å². The highest BCUT2D eigenvalue weighted by Crippen LogP contribution is 2.17. The van der Waals surface area contributed by atoms with Crippen LogP contribution in [0.4, 0.5) is 22.0 Å². The Morgan fingerprint density at radius 2 is 1.00 bits per heavy atom. The van der Waals surface area contributed by atoms with Crippen molar-refractivity contribution in [2.75, 3.05) is 0 Å². The largest absolute Gasteiger partial charge is 0.522 e. The van der Waals surface area contributed by atoms with Gasteiger partial charge in [-0.2, -0.15) is 0 Å². The minimum atomic E-state index is -2.27. The number of hydrogen-bond donors (Lipinski definition) is 2. The van der Waals surface area contributed by atoms with E-state index < -0.39 is 41.7 Å². The molecule has 0 aliphatic heterocycles. The van der Waals surface area contributed by atoms with Crippen LogP contribution in [0.25, 0.3) is 0 Å². The molecule has 0 aliphatic carbocycles. The van der Waals surface area contributed by atoms with Crippen LogP contribution in [0.1, 0.15) is 0 Å². The molecule has 0 unspecified atom stereocenters. The summed E-state index contributed by atoms with van der Waals surface area (Å²) < 4.78 is 72.3. The van der Waals surface area contributed by atoms with E-state index in [2.05, 4.69) is 34.0 Å². The van der Waals surface area contributed by atoms with E-state index in [1.165, 1.54) is 0 Å². The van der Waals surface area contributed by atoms with Crippen molar-refractivity contribution >= 4 is 38.4 Å².